The predicted octanol–water partition coefficient (Wildman–Crippen LogP) is 5.16. The van der Waals surface area contributed by atoms with E-state index in [1.54, 1.807) is 0 Å². The number of amides is 2. The van der Waals surface area contributed by atoms with E-state index >= 15 is 0 Å². The number of sulfonamides is 1. The van der Waals surface area contributed by atoms with Crippen LogP contribution in [0.2, 0.25) is 0 Å². The van der Waals surface area contributed by atoms with E-state index in [9.17, 15) is 22.8 Å². The third kappa shape index (κ3) is 6.91. The predicted molar refractivity (Wildman–Crippen MR) is 173 cm³/mol. The molecule has 0 aliphatic heterocycles. The number of esters is 1. The van der Waals surface area contributed by atoms with Crippen molar-refractivity contribution in [3.63, 3.8) is 0 Å². The van der Waals surface area contributed by atoms with Crippen LogP contribution in [-0.4, -0.2) is 51.0 Å². The first kappa shape index (κ1) is 31.1. The Hall–Kier alpha value is -5.36. The SMILES string of the molecule is CCn1c2ccccc2c2cc(NC(=O)COC(=O)COc3ccc(N(C)S(=O)(=O)c4ccc(NC(C)=O)cc4)cc3)ccc21. The van der Waals surface area contributed by atoms with Crippen molar-refractivity contribution in [3.05, 3.63) is 91.0 Å². The molecule has 1 heterocycles. The quantitative estimate of drug-likeness (QED) is 0.193. The van der Waals surface area contributed by atoms with Crippen LogP contribution >= 0.6 is 0 Å². The minimum atomic E-state index is -3.87. The molecule has 232 valence electrons. The molecule has 1 aromatic heterocycles. The van der Waals surface area contributed by atoms with Gasteiger partial charge in [0.15, 0.2) is 13.2 Å². The van der Waals surface area contributed by atoms with Gasteiger partial charge in [-0.3, -0.25) is 13.9 Å². The number of carbonyl (C=O) groups is 3. The van der Waals surface area contributed by atoms with Crippen molar-refractivity contribution >= 4 is 66.7 Å². The summed E-state index contributed by atoms with van der Waals surface area (Å²) < 4.78 is 39.9. The number of para-hydroxylation sites is 1. The molecular formula is C33H32N4O7S. The summed E-state index contributed by atoms with van der Waals surface area (Å²) in [6, 6.07) is 25.7. The van der Waals surface area contributed by atoms with Crippen LogP contribution < -0.4 is 19.7 Å². The largest absolute Gasteiger partial charge is 0.482 e. The monoisotopic (exact) mass is 628 g/mol. The van der Waals surface area contributed by atoms with Gasteiger partial charge in [0.05, 0.1) is 10.6 Å². The van der Waals surface area contributed by atoms with Crippen LogP contribution in [-0.2, 0) is 35.7 Å². The number of nitrogens with one attached hydrogen (secondary N) is 2. The van der Waals surface area contributed by atoms with E-state index in [1.165, 1.54) is 62.5 Å². The summed E-state index contributed by atoms with van der Waals surface area (Å²) in [4.78, 5) is 36.0. The summed E-state index contributed by atoms with van der Waals surface area (Å²) in [5, 5.41) is 7.46. The van der Waals surface area contributed by atoms with Gasteiger partial charge in [-0.15, -0.1) is 0 Å². The zero-order valence-corrected chi connectivity index (χ0v) is 25.8. The second-order valence-electron chi connectivity index (χ2n) is 10.2. The number of hydrogen-bond acceptors (Lipinski definition) is 7. The van der Waals surface area contributed by atoms with Crippen molar-refractivity contribution in [1.29, 1.82) is 0 Å². The average Bonchev–Trinajstić information content (AvgIpc) is 3.35. The first-order chi connectivity index (χ1) is 21.6. The molecule has 0 saturated heterocycles. The zero-order valence-electron chi connectivity index (χ0n) is 24.9. The number of aromatic nitrogens is 1. The lowest BCUT2D eigenvalue weighted by Crippen LogP contribution is -2.26. The van der Waals surface area contributed by atoms with Crippen molar-refractivity contribution in [2.45, 2.75) is 25.3 Å². The Balaban J connectivity index is 1.12. The van der Waals surface area contributed by atoms with Crippen molar-refractivity contribution < 1.29 is 32.3 Å². The lowest BCUT2D eigenvalue weighted by atomic mass is 10.1. The molecule has 0 saturated carbocycles. The summed E-state index contributed by atoms with van der Waals surface area (Å²) in [6.45, 7) is 3.34. The fourth-order valence-electron chi connectivity index (χ4n) is 4.96. The van der Waals surface area contributed by atoms with Gasteiger partial charge in [0.1, 0.15) is 5.75 Å². The second-order valence-corrected chi connectivity index (χ2v) is 12.1. The van der Waals surface area contributed by atoms with Crippen LogP contribution in [0.25, 0.3) is 21.8 Å². The number of fused-ring (bicyclic) bond motifs is 3. The summed E-state index contributed by atoms with van der Waals surface area (Å²) in [6.07, 6.45) is 0. The van der Waals surface area contributed by atoms with E-state index in [0.717, 1.165) is 32.7 Å². The Morgan fingerprint density at radius 3 is 2.16 bits per heavy atom. The molecule has 4 aromatic carbocycles. The lowest BCUT2D eigenvalue weighted by molar-refractivity contribution is -0.149. The van der Waals surface area contributed by atoms with Crippen LogP contribution in [0.5, 0.6) is 5.75 Å². The van der Waals surface area contributed by atoms with Gasteiger partial charge in [-0.2, -0.15) is 0 Å². The van der Waals surface area contributed by atoms with Crippen LogP contribution in [0.15, 0.2) is 95.9 Å². The molecule has 11 nitrogen and oxygen atoms in total. The van der Waals surface area contributed by atoms with E-state index in [-0.39, 0.29) is 10.8 Å². The van der Waals surface area contributed by atoms with Gasteiger partial charge in [-0.25, -0.2) is 13.2 Å². The van der Waals surface area contributed by atoms with Gasteiger partial charge in [-0.1, -0.05) is 18.2 Å². The molecule has 45 heavy (non-hydrogen) atoms. The zero-order chi connectivity index (χ0) is 32.1. The molecule has 0 fully saturated rings. The maximum absolute atomic E-state index is 13.0. The molecule has 0 aliphatic carbocycles. The van der Waals surface area contributed by atoms with Crippen molar-refractivity contribution in [3.8, 4) is 5.75 Å². The smallest absolute Gasteiger partial charge is 0.344 e. The van der Waals surface area contributed by atoms with Gasteiger partial charge >= 0.3 is 5.97 Å². The first-order valence-corrected chi connectivity index (χ1v) is 15.6. The Bertz CT molecular complexity index is 1990. The van der Waals surface area contributed by atoms with Crippen LogP contribution in [0.3, 0.4) is 0 Å². The van der Waals surface area contributed by atoms with E-state index in [0.29, 0.717) is 22.8 Å². The van der Waals surface area contributed by atoms with Crippen molar-refractivity contribution in [2.24, 2.45) is 0 Å². The highest BCUT2D eigenvalue weighted by molar-refractivity contribution is 7.92. The molecule has 5 aromatic rings. The highest BCUT2D eigenvalue weighted by Crippen LogP contribution is 2.31. The number of hydrogen-bond donors (Lipinski definition) is 2. The second kappa shape index (κ2) is 13.1. The topological polar surface area (TPSA) is 136 Å². The molecule has 0 atom stereocenters. The van der Waals surface area contributed by atoms with Crippen molar-refractivity contribution in [2.75, 3.05) is 35.2 Å². The Morgan fingerprint density at radius 1 is 0.800 bits per heavy atom. The van der Waals surface area contributed by atoms with E-state index in [2.05, 4.69) is 28.2 Å². The Morgan fingerprint density at radius 2 is 1.47 bits per heavy atom. The van der Waals surface area contributed by atoms with Crippen molar-refractivity contribution in [1.82, 2.24) is 4.57 Å². The summed E-state index contributed by atoms with van der Waals surface area (Å²) in [5.74, 6) is -1.17. The maximum atomic E-state index is 13.0. The average molecular weight is 629 g/mol. The molecule has 0 radical (unpaired) electrons. The number of nitrogens with zero attached hydrogens (tertiary/aromatic N) is 2. The van der Waals surface area contributed by atoms with Gasteiger partial charge < -0.3 is 24.7 Å². The van der Waals surface area contributed by atoms with E-state index in [4.69, 9.17) is 9.47 Å². The first-order valence-electron chi connectivity index (χ1n) is 14.1. The number of benzene rings is 4. The molecule has 0 spiro atoms. The van der Waals surface area contributed by atoms with E-state index < -0.39 is 35.1 Å². The van der Waals surface area contributed by atoms with E-state index in [1.807, 2.05) is 36.4 Å². The fraction of sp³-hybridized carbons (Fsp3) is 0.182. The van der Waals surface area contributed by atoms with Crippen LogP contribution in [0, 0.1) is 0 Å². The summed E-state index contributed by atoms with van der Waals surface area (Å²) in [7, 11) is -2.45. The third-order valence-electron chi connectivity index (χ3n) is 7.13. The van der Waals surface area contributed by atoms with Crippen LogP contribution in [0.1, 0.15) is 13.8 Å². The lowest BCUT2D eigenvalue weighted by Gasteiger charge is -2.20. The minimum Gasteiger partial charge on any atom is -0.482 e. The van der Waals surface area contributed by atoms with Gasteiger partial charge in [0, 0.05) is 53.7 Å². The number of aryl methyl sites for hydroxylation is 1. The Labute approximate surface area is 260 Å². The minimum absolute atomic E-state index is 0.0517. The summed E-state index contributed by atoms with van der Waals surface area (Å²) in [5.41, 5.74) is 3.62. The number of anilines is 3. The molecule has 0 aliphatic rings. The molecular weight excluding hydrogens is 596 g/mol. The highest BCUT2D eigenvalue weighted by atomic mass is 32.2. The number of ether oxygens (including phenoxy) is 2. The van der Waals surface area contributed by atoms with Gasteiger partial charge in [-0.05, 0) is 79.7 Å². The third-order valence-corrected chi connectivity index (χ3v) is 8.93. The van der Waals surface area contributed by atoms with Crippen LogP contribution in [0.4, 0.5) is 17.1 Å². The highest BCUT2D eigenvalue weighted by Gasteiger charge is 2.21. The molecule has 0 unspecified atom stereocenters. The fourth-order valence-corrected chi connectivity index (χ4v) is 6.16. The number of rotatable bonds is 11. The Kier molecular flexibility index (Phi) is 9.05. The normalized spacial score (nSPS) is 11.3. The molecule has 2 N–H and O–H groups in total. The maximum Gasteiger partial charge on any atom is 0.344 e. The molecule has 12 heteroatoms. The van der Waals surface area contributed by atoms with Gasteiger partial charge in [0.25, 0.3) is 15.9 Å². The molecule has 2 amide bonds. The molecule has 5 rings (SSSR count). The standard InChI is InChI=1S/C33H32N4O7S/c1-4-37-30-8-6-5-7-28(30)29-19-24(11-18-31(29)37)35-32(39)20-44-33(40)21-43-26-14-12-25(13-15-26)36(3)45(41,42)27-16-9-23(10-17-27)34-22(2)38/h5-19H,4,20-21H2,1-3H3,(H,34,38)(H,35,39). The number of carbonyl (C=O) groups excluding carboxylic acids is 3. The molecule has 0 bridgehead atoms. The summed E-state index contributed by atoms with van der Waals surface area (Å²) >= 11 is 0. The van der Waals surface area contributed by atoms with Gasteiger partial charge in [0.2, 0.25) is 5.91 Å².